The minimum absolute atomic E-state index is 0.0588. The molecule has 0 saturated carbocycles. The Kier molecular flexibility index (Phi) is 5.32. The van der Waals surface area contributed by atoms with Gasteiger partial charge in [-0.25, -0.2) is 0 Å². The molecule has 0 radical (unpaired) electrons. The van der Waals surface area contributed by atoms with E-state index in [1.807, 2.05) is 0 Å². The molecule has 3 nitrogen and oxygen atoms in total. The third-order valence-electron chi connectivity index (χ3n) is 4.12. The average molecular weight is 314 g/mol. The van der Waals surface area contributed by atoms with Gasteiger partial charge in [0, 0.05) is 6.42 Å². The van der Waals surface area contributed by atoms with E-state index in [2.05, 4.69) is 65.0 Å². The zero-order valence-electron chi connectivity index (χ0n) is 14.4. The van der Waals surface area contributed by atoms with E-state index in [4.69, 9.17) is 4.43 Å². The third-order valence-corrected chi connectivity index (χ3v) is 9.55. The van der Waals surface area contributed by atoms with Gasteiger partial charge in [0.25, 0.3) is 0 Å². The molecular weight excluding hydrogens is 282 g/mol. The van der Waals surface area contributed by atoms with Crippen LogP contribution in [0, 0.1) is 11.5 Å². The largest absolute Gasteiger partial charge is 0.412 e. The molecule has 1 fully saturated rings. The van der Waals surface area contributed by atoms with Gasteiger partial charge in [-0.15, -0.1) is 5.54 Å². The molecule has 116 valence electrons. The van der Waals surface area contributed by atoms with Gasteiger partial charge in [0.15, 0.2) is 8.32 Å². The maximum Gasteiger partial charge on any atom is 0.192 e. The molecule has 0 bridgehead atoms. The van der Waals surface area contributed by atoms with Crippen LogP contribution in [-0.4, -0.2) is 45.4 Å². The first-order valence-corrected chi connectivity index (χ1v) is 13.9. The van der Waals surface area contributed by atoms with Crippen molar-refractivity contribution in [3.05, 3.63) is 0 Å². The van der Waals surface area contributed by atoms with Crippen molar-refractivity contribution in [1.82, 2.24) is 5.06 Å². The topological polar surface area (TPSA) is 32.7 Å². The van der Waals surface area contributed by atoms with Gasteiger partial charge in [-0.2, -0.15) is 5.06 Å². The van der Waals surface area contributed by atoms with Crippen LogP contribution >= 0.6 is 0 Å². The number of hydrogen-bond acceptors (Lipinski definition) is 3. The zero-order chi connectivity index (χ0) is 15.8. The summed E-state index contributed by atoms with van der Waals surface area (Å²) in [6, 6.07) is -0.0588. The van der Waals surface area contributed by atoms with Crippen molar-refractivity contribution in [3.63, 3.8) is 0 Å². The quantitative estimate of drug-likeness (QED) is 0.623. The van der Waals surface area contributed by atoms with E-state index < -0.39 is 16.4 Å². The Balaban J connectivity index is 2.68. The molecule has 1 saturated heterocycles. The number of nitrogens with zero attached hydrogens (tertiary/aromatic N) is 1. The van der Waals surface area contributed by atoms with E-state index in [1.165, 1.54) is 5.06 Å². The van der Waals surface area contributed by atoms with Crippen molar-refractivity contribution in [3.8, 4) is 11.5 Å². The molecule has 0 amide bonds. The molecule has 0 spiro atoms. The molecule has 1 N–H and O–H groups in total. The summed E-state index contributed by atoms with van der Waals surface area (Å²) in [4.78, 5) is 0. The van der Waals surface area contributed by atoms with Crippen molar-refractivity contribution in [2.75, 3.05) is 6.54 Å². The van der Waals surface area contributed by atoms with E-state index >= 15 is 0 Å². The summed E-state index contributed by atoms with van der Waals surface area (Å²) in [5.41, 5.74) is 3.35. The predicted octanol–water partition coefficient (Wildman–Crippen LogP) is 3.72. The lowest BCUT2D eigenvalue weighted by Crippen LogP contribution is -2.44. The highest BCUT2D eigenvalue weighted by molar-refractivity contribution is 6.83. The van der Waals surface area contributed by atoms with Gasteiger partial charge >= 0.3 is 0 Å². The van der Waals surface area contributed by atoms with Gasteiger partial charge in [0.2, 0.25) is 0 Å². The minimum Gasteiger partial charge on any atom is -0.412 e. The Hall–Kier alpha value is -0.126. The first-order chi connectivity index (χ1) is 8.82. The molecule has 20 heavy (non-hydrogen) atoms. The number of hydrogen-bond donors (Lipinski definition) is 1. The van der Waals surface area contributed by atoms with Crippen LogP contribution in [0.1, 0.15) is 27.2 Å². The highest BCUT2D eigenvalue weighted by Crippen LogP contribution is 2.38. The summed E-state index contributed by atoms with van der Waals surface area (Å²) < 4.78 is 6.38. The lowest BCUT2D eigenvalue weighted by Gasteiger charge is -2.38. The van der Waals surface area contributed by atoms with Gasteiger partial charge in [-0.3, -0.25) is 0 Å². The second-order valence-corrected chi connectivity index (χ2v) is 17.9. The molecular formula is C15H31NO2Si2. The second-order valence-electron chi connectivity index (χ2n) is 8.39. The highest BCUT2D eigenvalue weighted by Gasteiger charge is 2.42. The van der Waals surface area contributed by atoms with E-state index in [-0.39, 0.29) is 17.2 Å². The Morgan fingerprint density at radius 1 is 1.15 bits per heavy atom. The standard InChI is InChI=1S/C15H31NO2Si2/c1-15(2,3)20(7,8)18-14-11-13(16(17)12-14)9-10-19(4,5)6/h13-14,17H,11-12H2,1-8H3/t13-,14-/m1/s1. The van der Waals surface area contributed by atoms with Gasteiger partial charge in [-0.05, 0) is 18.1 Å². The first kappa shape index (κ1) is 17.9. The van der Waals surface area contributed by atoms with Crippen molar-refractivity contribution < 1.29 is 9.63 Å². The first-order valence-electron chi connectivity index (χ1n) is 7.48. The van der Waals surface area contributed by atoms with Crippen LogP contribution in [0.25, 0.3) is 0 Å². The SMILES string of the molecule is CC(C)(C)[Si](C)(C)O[C@@H]1C[C@@H](C#C[Si](C)(C)C)N(O)C1. The molecule has 0 aromatic carbocycles. The van der Waals surface area contributed by atoms with Crippen LogP contribution in [0.4, 0.5) is 0 Å². The summed E-state index contributed by atoms with van der Waals surface area (Å²) in [5, 5.41) is 11.6. The number of hydroxylamine groups is 2. The molecule has 1 rings (SSSR count). The van der Waals surface area contributed by atoms with Crippen molar-refractivity contribution in [2.45, 2.75) is 77.1 Å². The molecule has 1 aliphatic rings. The molecule has 0 aromatic rings. The fraction of sp³-hybridized carbons (Fsp3) is 0.867. The van der Waals surface area contributed by atoms with E-state index in [0.717, 1.165) is 6.42 Å². The smallest absolute Gasteiger partial charge is 0.192 e. The summed E-state index contributed by atoms with van der Waals surface area (Å²) >= 11 is 0. The molecule has 0 aromatic heterocycles. The van der Waals surface area contributed by atoms with Crippen LogP contribution in [0.3, 0.4) is 0 Å². The lowest BCUT2D eigenvalue weighted by molar-refractivity contribution is -0.0921. The second kappa shape index (κ2) is 5.94. The van der Waals surface area contributed by atoms with Crippen molar-refractivity contribution >= 4 is 16.4 Å². The predicted molar refractivity (Wildman–Crippen MR) is 90.1 cm³/mol. The number of rotatable bonds is 2. The minimum atomic E-state index is -1.77. The van der Waals surface area contributed by atoms with E-state index in [1.54, 1.807) is 0 Å². The summed E-state index contributed by atoms with van der Waals surface area (Å²) in [6.07, 6.45) is 0.933. The summed E-state index contributed by atoms with van der Waals surface area (Å²) in [5.74, 6) is 3.25. The van der Waals surface area contributed by atoms with Crippen LogP contribution in [-0.2, 0) is 4.43 Å². The molecule has 5 heteroatoms. The summed E-state index contributed by atoms with van der Waals surface area (Å²) in [7, 11) is -3.15. The fourth-order valence-corrected chi connectivity index (χ4v) is 3.85. The zero-order valence-corrected chi connectivity index (χ0v) is 16.4. The fourth-order valence-electron chi connectivity index (χ4n) is 1.89. The third kappa shape index (κ3) is 5.01. The maximum atomic E-state index is 10.0. The molecule has 2 atom stereocenters. The van der Waals surface area contributed by atoms with Crippen LogP contribution in [0.2, 0.25) is 37.8 Å². The molecule has 0 aliphatic carbocycles. The van der Waals surface area contributed by atoms with Crippen LogP contribution in [0.15, 0.2) is 0 Å². The average Bonchev–Trinajstić information content (AvgIpc) is 2.52. The van der Waals surface area contributed by atoms with Crippen molar-refractivity contribution in [2.24, 2.45) is 0 Å². The van der Waals surface area contributed by atoms with Crippen molar-refractivity contribution in [1.29, 1.82) is 0 Å². The Bertz CT molecular complexity index is 399. The highest BCUT2D eigenvalue weighted by atomic mass is 28.4. The van der Waals surface area contributed by atoms with Crippen LogP contribution in [0.5, 0.6) is 0 Å². The van der Waals surface area contributed by atoms with Crippen LogP contribution < -0.4 is 0 Å². The maximum absolute atomic E-state index is 10.0. The molecule has 1 aliphatic heterocycles. The van der Waals surface area contributed by atoms with Gasteiger partial charge < -0.3 is 9.63 Å². The van der Waals surface area contributed by atoms with E-state index in [9.17, 15) is 5.21 Å². The van der Waals surface area contributed by atoms with E-state index in [0.29, 0.717) is 6.54 Å². The lowest BCUT2D eigenvalue weighted by atomic mass is 10.2. The van der Waals surface area contributed by atoms with Gasteiger partial charge in [0.1, 0.15) is 8.07 Å². The molecule has 0 unspecified atom stereocenters. The Labute approximate surface area is 126 Å². The summed E-state index contributed by atoms with van der Waals surface area (Å²) in [6.45, 7) is 18.5. The van der Waals surface area contributed by atoms with Gasteiger partial charge in [0.05, 0.1) is 18.7 Å². The monoisotopic (exact) mass is 313 g/mol. The van der Waals surface area contributed by atoms with Gasteiger partial charge in [-0.1, -0.05) is 46.3 Å². The molecule has 1 heterocycles. The Morgan fingerprint density at radius 3 is 2.15 bits per heavy atom. The Morgan fingerprint density at radius 2 is 1.70 bits per heavy atom. The normalized spacial score (nSPS) is 25.4.